The molecule has 1 atom stereocenters. The van der Waals surface area contributed by atoms with Gasteiger partial charge in [0, 0.05) is 18.4 Å². The summed E-state index contributed by atoms with van der Waals surface area (Å²) in [4.78, 5) is 36.3. The Morgan fingerprint density at radius 3 is 2.08 bits per heavy atom. The van der Waals surface area contributed by atoms with E-state index in [2.05, 4.69) is 0 Å². The van der Waals surface area contributed by atoms with E-state index in [9.17, 15) is 24.6 Å². The third-order valence-electron chi connectivity index (χ3n) is 5.61. The SMILES string of the molecule is CCC(=O)CCc1ccc(OC(=O)C(C)Oc2ccc(OC(=O)C(C)=Cc3ccc(O)c(O)c3)cc2)cc1. The van der Waals surface area contributed by atoms with Gasteiger partial charge in [0.25, 0.3) is 0 Å². The highest BCUT2D eigenvalue weighted by Gasteiger charge is 2.18. The zero-order chi connectivity index (χ0) is 27.7. The summed E-state index contributed by atoms with van der Waals surface area (Å²) in [6.07, 6.45) is 2.28. The molecule has 0 aliphatic carbocycles. The normalized spacial score (nSPS) is 11.9. The number of rotatable bonds is 11. The van der Waals surface area contributed by atoms with Crippen LogP contribution >= 0.6 is 0 Å². The van der Waals surface area contributed by atoms with Crippen molar-refractivity contribution in [2.24, 2.45) is 0 Å². The summed E-state index contributed by atoms with van der Waals surface area (Å²) in [6, 6.07) is 17.4. The average Bonchev–Trinajstić information content (AvgIpc) is 2.91. The Bertz CT molecular complexity index is 1310. The standard InChI is InChI=1S/C30H30O8/c1-4-23(31)9-5-21-6-10-25(11-7-21)38-30(35)20(3)36-24-12-14-26(15-13-24)37-29(34)19(2)17-22-8-16-27(32)28(33)18-22/h6-8,10-18,20,32-33H,4-5,9H2,1-3H3. The van der Waals surface area contributed by atoms with Gasteiger partial charge < -0.3 is 24.4 Å². The number of phenols is 2. The number of benzene rings is 3. The summed E-state index contributed by atoms with van der Waals surface area (Å²) in [6.45, 7) is 4.97. The van der Waals surface area contributed by atoms with Gasteiger partial charge in [-0.05, 0) is 86.0 Å². The summed E-state index contributed by atoms with van der Waals surface area (Å²) in [7, 11) is 0. The summed E-state index contributed by atoms with van der Waals surface area (Å²) in [5.74, 6) is -0.457. The fraction of sp³-hybridized carbons (Fsp3) is 0.233. The van der Waals surface area contributed by atoms with Crippen LogP contribution in [0.3, 0.4) is 0 Å². The topological polar surface area (TPSA) is 119 Å². The molecule has 0 aromatic heterocycles. The van der Waals surface area contributed by atoms with E-state index in [1.807, 2.05) is 19.1 Å². The third kappa shape index (κ3) is 8.23. The van der Waals surface area contributed by atoms with Gasteiger partial charge in [-0.2, -0.15) is 0 Å². The number of ketones is 1. The Morgan fingerprint density at radius 1 is 0.842 bits per heavy atom. The summed E-state index contributed by atoms with van der Waals surface area (Å²) in [5, 5.41) is 19.0. The van der Waals surface area contributed by atoms with Gasteiger partial charge in [0.15, 0.2) is 17.6 Å². The van der Waals surface area contributed by atoms with E-state index in [4.69, 9.17) is 14.2 Å². The fourth-order valence-corrected chi connectivity index (χ4v) is 3.35. The molecular weight excluding hydrogens is 488 g/mol. The summed E-state index contributed by atoms with van der Waals surface area (Å²) in [5.41, 5.74) is 1.80. The lowest BCUT2D eigenvalue weighted by Crippen LogP contribution is -2.28. The maximum atomic E-state index is 12.4. The first-order valence-corrected chi connectivity index (χ1v) is 12.2. The van der Waals surface area contributed by atoms with Crippen molar-refractivity contribution in [3.63, 3.8) is 0 Å². The van der Waals surface area contributed by atoms with Gasteiger partial charge in [-0.15, -0.1) is 0 Å². The smallest absolute Gasteiger partial charge is 0.352 e. The molecule has 3 aromatic rings. The van der Waals surface area contributed by atoms with Crippen molar-refractivity contribution in [1.82, 2.24) is 0 Å². The molecule has 2 N–H and O–H groups in total. The van der Waals surface area contributed by atoms with Crippen molar-refractivity contribution in [2.45, 2.75) is 46.1 Å². The highest BCUT2D eigenvalue weighted by molar-refractivity contribution is 5.94. The molecule has 8 nitrogen and oxygen atoms in total. The van der Waals surface area contributed by atoms with Crippen LogP contribution in [0.15, 0.2) is 72.3 Å². The number of ether oxygens (including phenoxy) is 3. The second-order valence-corrected chi connectivity index (χ2v) is 8.65. The number of aryl methyl sites for hydroxylation is 1. The third-order valence-corrected chi connectivity index (χ3v) is 5.61. The lowest BCUT2D eigenvalue weighted by molar-refractivity contribution is -0.141. The Morgan fingerprint density at radius 2 is 1.45 bits per heavy atom. The summed E-state index contributed by atoms with van der Waals surface area (Å²) >= 11 is 0. The fourth-order valence-electron chi connectivity index (χ4n) is 3.35. The molecule has 3 aromatic carbocycles. The van der Waals surface area contributed by atoms with Crippen LogP contribution in [0, 0.1) is 0 Å². The van der Waals surface area contributed by atoms with Crippen LogP contribution in [-0.4, -0.2) is 34.0 Å². The van der Waals surface area contributed by atoms with E-state index in [-0.39, 0.29) is 28.6 Å². The minimum atomic E-state index is -0.892. The molecule has 38 heavy (non-hydrogen) atoms. The first-order chi connectivity index (χ1) is 18.1. The van der Waals surface area contributed by atoms with Crippen LogP contribution in [0.4, 0.5) is 0 Å². The predicted octanol–water partition coefficient (Wildman–Crippen LogP) is 5.39. The first kappa shape index (κ1) is 28.0. The monoisotopic (exact) mass is 518 g/mol. The number of hydrogen-bond acceptors (Lipinski definition) is 8. The zero-order valence-corrected chi connectivity index (χ0v) is 21.5. The van der Waals surface area contributed by atoms with Gasteiger partial charge in [-0.3, -0.25) is 4.79 Å². The molecule has 0 fully saturated rings. The summed E-state index contributed by atoms with van der Waals surface area (Å²) < 4.78 is 16.4. The van der Waals surface area contributed by atoms with E-state index >= 15 is 0 Å². The van der Waals surface area contributed by atoms with Crippen molar-refractivity contribution in [1.29, 1.82) is 0 Å². The van der Waals surface area contributed by atoms with Crippen LogP contribution < -0.4 is 14.2 Å². The largest absolute Gasteiger partial charge is 0.504 e. The molecule has 0 radical (unpaired) electrons. The molecule has 0 saturated carbocycles. The Kier molecular flexibility index (Phi) is 9.65. The van der Waals surface area contributed by atoms with Crippen molar-refractivity contribution < 1.29 is 38.8 Å². The average molecular weight is 519 g/mol. The molecule has 0 heterocycles. The molecule has 1 unspecified atom stereocenters. The molecule has 198 valence electrons. The van der Waals surface area contributed by atoms with Crippen molar-refractivity contribution >= 4 is 23.8 Å². The van der Waals surface area contributed by atoms with Gasteiger partial charge in [-0.1, -0.05) is 25.1 Å². The molecule has 0 aliphatic heterocycles. The van der Waals surface area contributed by atoms with Gasteiger partial charge in [-0.25, -0.2) is 9.59 Å². The minimum Gasteiger partial charge on any atom is -0.504 e. The molecule has 0 amide bonds. The van der Waals surface area contributed by atoms with Crippen molar-refractivity contribution in [2.75, 3.05) is 0 Å². The highest BCUT2D eigenvalue weighted by Crippen LogP contribution is 2.26. The Labute approximate surface area is 221 Å². The molecule has 8 heteroatoms. The second-order valence-electron chi connectivity index (χ2n) is 8.65. The Balaban J connectivity index is 1.50. The quantitative estimate of drug-likeness (QED) is 0.150. The molecule has 0 saturated heterocycles. The van der Waals surface area contributed by atoms with Crippen LogP contribution in [0.25, 0.3) is 6.08 Å². The molecule has 0 bridgehead atoms. The number of hydrogen-bond donors (Lipinski definition) is 2. The van der Waals surface area contributed by atoms with Gasteiger partial charge in [0.1, 0.15) is 23.0 Å². The van der Waals surface area contributed by atoms with Crippen LogP contribution in [0.1, 0.15) is 44.7 Å². The number of Topliss-reactive ketones (excluding diaryl/α,β-unsaturated/α-hetero) is 1. The van der Waals surface area contributed by atoms with Gasteiger partial charge in [0.2, 0.25) is 0 Å². The number of esters is 2. The van der Waals surface area contributed by atoms with Gasteiger partial charge >= 0.3 is 11.9 Å². The predicted molar refractivity (Wildman–Crippen MR) is 141 cm³/mol. The maximum absolute atomic E-state index is 12.4. The number of carbonyl (C=O) groups excluding carboxylic acids is 3. The van der Waals surface area contributed by atoms with Crippen LogP contribution in [0.5, 0.6) is 28.7 Å². The molecule has 3 rings (SSSR count). The van der Waals surface area contributed by atoms with E-state index in [1.54, 1.807) is 44.2 Å². The van der Waals surface area contributed by atoms with Crippen molar-refractivity contribution in [3.05, 3.63) is 83.4 Å². The first-order valence-electron chi connectivity index (χ1n) is 12.2. The Hall–Kier alpha value is -4.59. The molecular formula is C30H30O8. The second kappa shape index (κ2) is 13.1. The van der Waals surface area contributed by atoms with E-state index in [0.29, 0.717) is 36.3 Å². The minimum absolute atomic E-state index is 0.206. The molecule has 0 spiro atoms. The van der Waals surface area contributed by atoms with Crippen LogP contribution in [0.2, 0.25) is 0 Å². The zero-order valence-electron chi connectivity index (χ0n) is 21.5. The lowest BCUT2D eigenvalue weighted by Gasteiger charge is -2.14. The van der Waals surface area contributed by atoms with E-state index in [0.717, 1.165) is 5.56 Å². The van der Waals surface area contributed by atoms with E-state index < -0.39 is 18.0 Å². The number of carbonyl (C=O) groups is 3. The van der Waals surface area contributed by atoms with Crippen LogP contribution in [-0.2, 0) is 20.8 Å². The number of phenolic OH excluding ortho intramolecular Hbond substituents is 2. The van der Waals surface area contributed by atoms with Crippen molar-refractivity contribution in [3.8, 4) is 28.7 Å². The maximum Gasteiger partial charge on any atom is 0.352 e. The molecule has 0 aliphatic rings. The van der Waals surface area contributed by atoms with E-state index in [1.165, 1.54) is 30.3 Å². The number of aromatic hydroxyl groups is 2. The van der Waals surface area contributed by atoms with Gasteiger partial charge in [0.05, 0.1) is 0 Å². The lowest BCUT2D eigenvalue weighted by atomic mass is 10.1. The highest BCUT2D eigenvalue weighted by atomic mass is 16.6.